The molecule has 17 heavy (non-hydrogen) atoms. The molecule has 0 aromatic rings. The monoisotopic (exact) mass is 274 g/mol. The van der Waals surface area contributed by atoms with Gasteiger partial charge < -0.3 is 5.32 Å². The van der Waals surface area contributed by atoms with Crippen LogP contribution in [0.15, 0.2) is 0 Å². The number of thioether (sulfide) groups is 2. The molecular weight excluding hydrogens is 248 g/mol. The Labute approximate surface area is 115 Å². The molecule has 2 fully saturated rings. The van der Waals surface area contributed by atoms with E-state index in [2.05, 4.69) is 47.6 Å². The Hall–Kier alpha value is 0.620. The molecule has 0 aliphatic carbocycles. The van der Waals surface area contributed by atoms with E-state index in [-0.39, 0.29) is 0 Å². The molecule has 0 aromatic heterocycles. The molecule has 100 valence electrons. The quantitative estimate of drug-likeness (QED) is 0.846. The lowest BCUT2D eigenvalue weighted by Gasteiger charge is -2.42. The van der Waals surface area contributed by atoms with E-state index >= 15 is 0 Å². The van der Waals surface area contributed by atoms with Crippen molar-refractivity contribution in [1.29, 1.82) is 0 Å². The summed E-state index contributed by atoms with van der Waals surface area (Å²) in [7, 11) is 0. The predicted octanol–water partition coefficient (Wildman–Crippen LogP) is 2.30. The maximum Gasteiger partial charge on any atom is 0.0265 e. The smallest absolute Gasteiger partial charge is 0.0265 e. The zero-order valence-electron chi connectivity index (χ0n) is 11.2. The highest BCUT2D eigenvalue weighted by Gasteiger charge is 2.28. The van der Waals surface area contributed by atoms with Gasteiger partial charge in [-0.05, 0) is 12.8 Å². The molecule has 0 saturated carbocycles. The minimum Gasteiger partial charge on any atom is -0.311 e. The average Bonchev–Trinajstić information content (AvgIpc) is 2.40. The first-order valence-electron chi connectivity index (χ1n) is 7.00. The molecule has 0 amide bonds. The highest BCUT2D eigenvalue weighted by molar-refractivity contribution is 8.06. The fraction of sp³-hybridized carbons (Fsp3) is 1.00. The fourth-order valence-corrected chi connectivity index (χ4v) is 5.43. The Kier molecular flexibility index (Phi) is 6.00. The van der Waals surface area contributed by atoms with Crippen LogP contribution in [0, 0.1) is 0 Å². The number of hydrogen-bond donors (Lipinski definition) is 1. The van der Waals surface area contributed by atoms with Gasteiger partial charge in [0.2, 0.25) is 0 Å². The van der Waals surface area contributed by atoms with Crippen LogP contribution in [0.1, 0.15) is 26.7 Å². The topological polar surface area (TPSA) is 15.3 Å². The Morgan fingerprint density at radius 1 is 1.24 bits per heavy atom. The Bertz CT molecular complexity index is 219. The van der Waals surface area contributed by atoms with Crippen molar-refractivity contribution >= 4 is 23.5 Å². The lowest BCUT2D eigenvalue weighted by molar-refractivity contribution is 0.127. The van der Waals surface area contributed by atoms with Gasteiger partial charge in [-0.1, -0.05) is 13.8 Å². The molecule has 2 aliphatic heterocycles. The van der Waals surface area contributed by atoms with Crippen LogP contribution in [0.4, 0.5) is 0 Å². The van der Waals surface area contributed by atoms with E-state index < -0.39 is 0 Å². The number of nitrogens with one attached hydrogen (secondary N) is 1. The maximum atomic E-state index is 3.68. The van der Waals surface area contributed by atoms with Crippen LogP contribution in [0.5, 0.6) is 0 Å². The summed E-state index contributed by atoms with van der Waals surface area (Å²) < 4.78 is 0. The van der Waals surface area contributed by atoms with Gasteiger partial charge >= 0.3 is 0 Å². The summed E-state index contributed by atoms with van der Waals surface area (Å²) in [6, 6.07) is 1.49. The SMILES string of the molecule is CCC1CN(CC2CSCCS2)C(CC)CN1. The molecule has 0 aromatic carbocycles. The van der Waals surface area contributed by atoms with Crippen molar-refractivity contribution in [3.05, 3.63) is 0 Å². The minimum absolute atomic E-state index is 0.721. The summed E-state index contributed by atoms with van der Waals surface area (Å²) in [5.74, 6) is 4.08. The van der Waals surface area contributed by atoms with Gasteiger partial charge in [-0.2, -0.15) is 23.5 Å². The van der Waals surface area contributed by atoms with Gasteiger partial charge in [0.1, 0.15) is 0 Å². The molecule has 1 N–H and O–H groups in total. The molecule has 2 heterocycles. The van der Waals surface area contributed by atoms with E-state index in [9.17, 15) is 0 Å². The maximum absolute atomic E-state index is 3.68. The standard InChI is InChI=1S/C13H26N2S2/c1-3-11-8-15(12(4-2)7-14-11)9-13-10-16-5-6-17-13/h11-14H,3-10H2,1-2H3. The summed E-state index contributed by atoms with van der Waals surface area (Å²) in [4.78, 5) is 2.76. The van der Waals surface area contributed by atoms with E-state index in [1.807, 2.05) is 0 Å². The lowest BCUT2D eigenvalue weighted by Crippen LogP contribution is -2.57. The Balaban J connectivity index is 1.85. The minimum atomic E-state index is 0.721. The summed E-state index contributed by atoms with van der Waals surface area (Å²) in [6.07, 6.45) is 2.55. The molecule has 4 heteroatoms. The van der Waals surface area contributed by atoms with Crippen LogP contribution in [-0.4, -0.2) is 59.1 Å². The number of hydrogen-bond acceptors (Lipinski definition) is 4. The zero-order chi connectivity index (χ0) is 12.1. The van der Waals surface area contributed by atoms with Crippen LogP contribution >= 0.6 is 23.5 Å². The van der Waals surface area contributed by atoms with Gasteiger partial charge in [-0.25, -0.2) is 0 Å². The van der Waals surface area contributed by atoms with E-state index in [4.69, 9.17) is 0 Å². The normalized spacial score (nSPS) is 36.0. The second kappa shape index (κ2) is 7.27. The van der Waals surface area contributed by atoms with Gasteiger partial charge in [0, 0.05) is 54.2 Å². The Morgan fingerprint density at radius 2 is 2.12 bits per heavy atom. The molecule has 2 nitrogen and oxygen atoms in total. The second-order valence-electron chi connectivity index (χ2n) is 5.10. The average molecular weight is 274 g/mol. The van der Waals surface area contributed by atoms with Gasteiger partial charge in [-0.15, -0.1) is 0 Å². The van der Waals surface area contributed by atoms with Gasteiger partial charge in [0.05, 0.1) is 0 Å². The largest absolute Gasteiger partial charge is 0.311 e. The molecule has 2 rings (SSSR count). The third-order valence-electron chi connectivity index (χ3n) is 3.90. The summed E-state index contributed by atoms with van der Waals surface area (Å²) >= 11 is 4.34. The van der Waals surface area contributed by atoms with E-state index in [0.717, 1.165) is 17.3 Å². The van der Waals surface area contributed by atoms with Crippen molar-refractivity contribution in [3.63, 3.8) is 0 Å². The second-order valence-corrected chi connectivity index (χ2v) is 7.66. The van der Waals surface area contributed by atoms with E-state index in [1.165, 1.54) is 49.7 Å². The zero-order valence-corrected chi connectivity index (χ0v) is 12.8. The molecule has 0 bridgehead atoms. The third kappa shape index (κ3) is 4.05. The van der Waals surface area contributed by atoms with Crippen molar-refractivity contribution in [2.45, 2.75) is 44.0 Å². The van der Waals surface area contributed by atoms with Crippen molar-refractivity contribution < 1.29 is 0 Å². The van der Waals surface area contributed by atoms with Crippen LogP contribution in [-0.2, 0) is 0 Å². The van der Waals surface area contributed by atoms with Crippen molar-refractivity contribution in [3.8, 4) is 0 Å². The highest BCUT2D eigenvalue weighted by atomic mass is 32.2. The molecule has 2 aliphatic rings. The predicted molar refractivity (Wildman–Crippen MR) is 81.3 cm³/mol. The first-order chi connectivity index (χ1) is 8.33. The molecule has 3 atom stereocenters. The molecular formula is C13H26N2S2. The number of rotatable bonds is 4. The lowest BCUT2D eigenvalue weighted by atomic mass is 10.1. The van der Waals surface area contributed by atoms with Crippen LogP contribution in [0.2, 0.25) is 0 Å². The van der Waals surface area contributed by atoms with Crippen LogP contribution in [0.3, 0.4) is 0 Å². The molecule has 2 saturated heterocycles. The molecule has 0 spiro atoms. The fourth-order valence-electron chi connectivity index (χ4n) is 2.73. The van der Waals surface area contributed by atoms with Crippen molar-refractivity contribution in [1.82, 2.24) is 10.2 Å². The first-order valence-corrected chi connectivity index (χ1v) is 9.20. The Morgan fingerprint density at radius 3 is 2.76 bits per heavy atom. The highest BCUT2D eigenvalue weighted by Crippen LogP contribution is 2.26. The van der Waals surface area contributed by atoms with E-state index in [0.29, 0.717) is 0 Å². The molecule has 3 unspecified atom stereocenters. The third-order valence-corrected chi connectivity index (χ3v) is 6.73. The summed E-state index contributed by atoms with van der Waals surface area (Å²) in [5.41, 5.74) is 0. The van der Waals surface area contributed by atoms with Gasteiger partial charge in [0.15, 0.2) is 0 Å². The van der Waals surface area contributed by atoms with Crippen molar-refractivity contribution in [2.75, 3.05) is 36.9 Å². The summed E-state index contributed by atoms with van der Waals surface area (Å²) in [6.45, 7) is 8.40. The van der Waals surface area contributed by atoms with Crippen molar-refractivity contribution in [2.24, 2.45) is 0 Å². The van der Waals surface area contributed by atoms with Crippen LogP contribution in [0.25, 0.3) is 0 Å². The first kappa shape index (κ1) is 14.0. The summed E-state index contributed by atoms with van der Waals surface area (Å²) in [5, 5.41) is 4.56. The molecule has 0 radical (unpaired) electrons. The van der Waals surface area contributed by atoms with Gasteiger partial charge in [-0.3, -0.25) is 4.90 Å². The number of nitrogens with zero attached hydrogens (tertiary/aromatic N) is 1. The number of piperazine rings is 1. The van der Waals surface area contributed by atoms with E-state index in [1.54, 1.807) is 0 Å². The van der Waals surface area contributed by atoms with Gasteiger partial charge in [0.25, 0.3) is 0 Å². The van der Waals surface area contributed by atoms with Crippen LogP contribution < -0.4 is 5.32 Å².